The maximum Gasteiger partial charge on any atom is 0.227 e. The lowest BCUT2D eigenvalue weighted by molar-refractivity contribution is 0.288. The zero-order chi connectivity index (χ0) is 23.0. The lowest BCUT2D eigenvalue weighted by Gasteiger charge is -2.26. The number of fused-ring (bicyclic) bond motifs is 1. The van der Waals surface area contributed by atoms with Crippen molar-refractivity contribution in [3.63, 3.8) is 0 Å². The first kappa shape index (κ1) is 22.0. The molecule has 1 fully saturated rings. The van der Waals surface area contributed by atoms with Crippen LogP contribution < -0.4 is 5.32 Å². The molecule has 2 aromatic heterocycles. The molecule has 1 aliphatic heterocycles. The topological polar surface area (TPSA) is 93.0 Å². The molecular weight excluding hydrogens is 504 g/mol. The van der Waals surface area contributed by atoms with E-state index in [0.717, 1.165) is 37.8 Å². The molecule has 33 heavy (non-hydrogen) atoms. The van der Waals surface area contributed by atoms with Crippen molar-refractivity contribution < 1.29 is 8.42 Å². The molecule has 10 heteroatoms. The molecular formula is C23H23BrN6O2S. The molecule has 1 aliphatic rings. The van der Waals surface area contributed by atoms with Crippen LogP contribution in [0.25, 0.3) is 22.0 Å². The smallest absolute Gasteiger partial charge is 0.227 e. The summed E-state index contributed by atoms with van der Waals surface area (Å²) in [6.45, 7) is 1.77. The Hall–Kier alpha value is -2.82. The van der Waals surface area contributed by atoms with Crippen molar-refractivity contribution in [2.75, 3.05) is 29.9 Å². The fraction of sp³-hybridized carbons (Fsp3) is 0.261. The van der Waals surface area contributed by atoms with Gasteiger partial charge < -0.3 is 5.32 Å². The van der Waals surface area contributed by atoms with Crippen LogP contribution in [0.5, 0.6) is 0 Å². The number of nitrogens with zero attached hydrogens (tertiary/aromatic N) is 5. The zero-order valence-electron chi connectivity index (χ0n) is 18.1. The Labute approximate surface area is 200 Å². The van der Waals surface area contributed by atoms with Gasteiger partial charge in [0.2, 0.25) is 5.95 Å². The monoisotopic (exact) mass is 526 g/mol. The van der Waals surface area contributed by atoms with Crippen LogP contribution in [0.4, 0.5) is 11.6 Å². The second-order valence-corrected chi connectivity index (χ2v) is 11.5. The summed E-state index contributed by atoms with van der Waals surface area (Å²) in [6.07, 6.45) is 5.61. The number of aryl methyl sites for hydroxylation is 1. The van der Waals surface area contributed by atoms with Crippen LogP contribution in [0.1, 0.15) is 5.56 Å². The van der Waals surface area contributed by atoms with Crippen molar-refractivity contribution in [3.8, 4) is 11.1 Å². The molecule has 1 saturated heterocycles. The molecule has 0 spiro atoms. The summed E-state index contributed by atoms with van der Waals surface area (Å²) < 4.78 is 26.4. The summed E-state index contributed by atoms with van der Waals surface area (Å²) in [6, 6.07) is 12.1. The van der Waals surface area contributed by atoms with Gasteiger partial charge in [-0.25, -0.2) is 18.4 Å². The highest BCUT2D eigenvalue weighted by atomic mass is 79.9. The van der Waals surface area contributed by atoms with E-state index in [0.29, 0.717) is 25.6 Å². The van der Waals surface area contributed by atoms with E-state index in [9.17, 15) is 8.42 Å². The van der Waals surface area contributed by atoms with Crippen LogP contribution in [0, 0.1) is 0 Å². The third kappa shape index (κ3) is 5.23. The first-order chi connectivity index (χ1) is 15.8. The second kappa shape index (κ2) is 8.85. The molecule has 5 rings (SSSR count). The van der Waals surface area contributed by atoms with Crippen molar-refractivity contribution >= 4 is 48.3 Å². The van der Waals surface area contributed by atoms with Crippen LogP contribution >= 0.6 is 15.9 Å². The lowest BCUT2D eigenvalue weighted by atomic mass is 10.0. The highest BCUT2D eigenvalue weighted by molar-refractivity contribution is 9.10. The van der Waals surface area contributed by atoms with E-state index < -0.39 is 9.84 Å². The third-order valence-electron chi connectivity index (χ3n) is 5.67. The van der Waals surface area contributed by atoms with Crippen molar-refractivity contribution in [2.24, 2.45) is 7.05 Å². The number of sulfone groups is 1. The lowest BCUT2D eigenvalue weighted by Crippen LogP contribution is -2.39. The summed E-state index contributed by atoms with van der Waals surface area (Å²) in [4.78, 5) is 11.3. The third-order valence-corrected chi connectivity index (χ3v) is 7.77. The van der Waals surface area contributed by atoms with Crippen molar-refractivity contribution in [2.45, 2.75) is 6.54 Å². The van der Waals surface area contributed by atoms with Gasteiger partial charge in [0.25, 0.3) is 0 Å². The Kier molecular flexibility index (Phi) is 5.90. The van der Waals surface area contributed by atoms with E-state index in [2.05, 4.69) is 59.4 Å². The Morgan fingerprint density at radius 2 is 1.88 bits per heavy atom. The Balaban J connectivity index is 1.45. The molecule has 1 N–H and O–H groups in total. The molecule has 0 atom stereocenters. The van der Waals surface area contributed by atoms with Crippen LogP contribution in [-0.2, 0) is 23.4 Å². The van der Waals surface area contributed by atoms with Gasteiger partial charge >= 0.3 is 0 Å². The highest BCUT2D eigenvalue weighted by Gasteiger charge is 2.21. The molecule has 0 saturated carbocycles. The van der Waals surface area contributed by atoms with Gasteiger partial charge in [-0.2, -0.15) is 5.10 Å². The van der Waals surface area contributed by atoms with Gasteiger partial charge in [0.05, 0.1) is 23.2 Å². The van der Waals surface area contributed by atoms with E-state index in [1.54, 1.807) is 10.9 Å². The minimum Gasteiger partial charge on any atom is -0.324 e. The standard InChI is InChI=1S/C23H23BrN6O2S/c1-29-15-19(13-26-29)17-8-16(14-30-4-6-33(31,32)7-5-30)9-21(11-17)27-23-25-12-18-10-20(24)2-3-22(18)28-23/h2-3,8-13,15H,4-7,14H2,1H3,(H,25,27,28). The van der Waals surface area contributed by atoms with E-state index in [1.165, 1.54) is 0 Å². The van der Waals surface area contributed by atoms with Gasteiger partial charge in [-0.3, -0.25) is 9.58 Å². The first-order valence-electron chi connectivity index (χ1n) is 10.6. The van der Waals surface area contributed by atoms with E-state index in [4.69, 9.17) is 0 Å². The number of aromatic nitrogens is 4. The largest absolute Gasteiger partial charge is 0.324 e. The molecule has 2 aromatic carbocycles. The maximum atomic E-state index is 11.8. The molecule has 0 amide bonds. The maximum absolute atomic E-state index is 11.8. The second-order valence-electron chi connectivity index (χ2n) is 8.27. The molecule has 170 valence electrons. The first-order valence-corrected chi connectivity index (χ1v) is 13.2. The number of benzene rings is 2. The average Bonchev–Trinajstić information content (AvgIpc) is 3.22. The molecule has 3 heterocycles. The normalized spacial score (nSPS) is 16.2. The quantitative estimate of drug-likeness (QED) is 0.423. The van der Waals surface area contributed by atoms with Gasteiger partial charge in [0, 0.05) is 60.2 Å². The highest BCUT2D eigenvalue weighted by Crippen LogP contribution is 2.28. The fourth-order valence-corrected chi connectivity index (χ4v) is 5.61. The number of anilines is 2. The number of halogens is 1. The van der Waals surface area contributed by atoms with Crippen molar-refractivity contribution in [3.05, 3.63) is 65.0 Å². The van der Waals surface area contributed by atoms with E-state index in [1.807, 2.05) is 37.6 Å². The summed E-state index contributed by atoms with van der Waals surface area (Å²) in [5, 5.41) is 8.60. The van der Waals surface area contributed by atoms with Crippen molar-refractivity contribution in [1.82, 2.24) is 24.6 Å². The van der Waals surface area contributed by atoms with E-state index in [-0.39, 0.29) is 11.5 Å². The predicted octanol–water partition coefficient (Wildman–Crippen LogP) is 3.77. The number of hydrogen-bond donors (Lipinski definition) is 1. The predicted molar refractivity (Wildman–Crippen MR) is 133 cm³/mol. The molecule has 0 unspecified atom stereocenters. The number of hydrogen-bond acceptors (Lipinski definition) is 7. The van der Waals surface area contributed by atoms with Crippen LogP contribution in [0.2, 0.25) is 0 Å². The van der Waals surface area contributed by atoms with E-state index >= 15 is 0 Å². The minimum atomic E-state index is -2.91. The van der Waals surface area contributed by atoms with Crippen LogP contribution in [0.15, 0.2) is 59.5 Å². The van der Waals surface area contributed by atoms with Gasteiger partial charge in [-0.15, -0.1) is 0 Å². The summed E-state index contributed by atoms with van der Waals surface area (Å²) in [5.74, 6) is 0.936. The number of rotatable bonds is 5. The SMILES string of the molecule is Cn1cc(-c2cc(CN3CCS(=O)(=O)CC3)cc(Nc3ncc4cc(Br)ccc4n3)c2)cn1. The Morgan fingerprint density at radius 3 is 2.64 bits per heavy atom. The Bertz CT molecular complexity index is 1420. The van der Waals surface area contributed by atoms with Gasteiger partial charge in [-0.1, -0.05) is 15.9 Å². The molecule has 0 aliphatic carbocycles. The Morgan fingerprint density at radius 1 is 1.06 bits per heavy atom. The van der Waals surface area contributed by atoms with Crippen LogP contribution in [0.3, 0.4) is 0 Å². The molecule has 4 aromatic rings. The summed E-state index contributed by atoms with van der Waals surface area (Å²) >= 11 is 3.48. The zero-order valence-corrected chi connectivity index (χ0v) is 20.5. The van der Waals surface area contributed by atoms with Crippen LogP contribution in [-0.4, -0.2) is 57.7 Å². The molecule has 0 bridgehead atoms. The summed E-state index contributed by atoms with van der Waals surface area (Å²) in [7, 11) is -1.02. The van der Waals surface area contributed by atoms with Gasteiger partial charge in [0.15, 0.2) is 9.84 Å². The van der Waals surface area contributed by atoms with Crippen molar-refractivity contribution in [1.29, 1.82) is 0 Å². The minimum absolute atomic E-state index is 0.210. The fourth-order valence-electron chi connectivity index (χ4n) is 3.95. The average molecular weight is 527 g/mol. The van der Waals surface area contributed by atoms with Gasteiger partial charge in [0.1, 0.15) is 0 Å². The molecule has 0 radical (unpaired) electrons. The van der Waals surface area contributed by atoms with Gasteiger partial charge in [-0.05, 0) is 47.5 Å². The summed E-state index contributed by atoms with van der Waals surface area (Å²) in [5.41, 5.74) is 4.84. The number of nitrogens with one attached hydrogen (secondary N) is 1. The molecule has 8 nitrogen and oxygen atoms in total.